The zero-order valence-corrected chi connectivity index (χ0v) is 18.1. The summed E-state index contributed by atoms with van der Waals surface area (Å²) in [5.74, 6) is 0.845. The Kier molecular flexibility index (Phi) is 7.93. The van der Waals surface area contributed by atoms with Gasteiger partial charge in [-0.15, -0.1) is 0 Å². The fraction of sp³-hybridized carbons (Fsp3) is 0.545. The number of aryl methyl sites for hydroxylation is 2. The van der Waals surface area contributed by atoms with Crippen molar-refractivity contribution in [1.29, 1.82) is 0 Å². The summed E-state index contributed by atoms with van der Waals surface area (Å²) in [7, 11) is 3.76. The lowest BCUT2D eigenvalue weighted by atomic mass is 10.2. The topological polar surface area (TPSA) is 60.7 Å². The molecule has 3 rings (SSSR count). The number of hydrogen-bond donors (Lipinski definition) is 2. The van der Waals surface area contributed by atoms with E-state index in [0.29, 0.717) is 0 Å². The van der Waals surface area contributed by atoms with E-state index < -0.39 is 0 Å². The van der Waals surface area contributed by atoms with Crippen LogP contribution in [0.15, 0.2) is 41.5 Å². The molecule has 0 bridgehead atoms. The van der Waals surface area contributed by atoms with Gasteiger partial charge >= 0.3 is 0 Å². The van der Waals surface area contributed by atoms with Crippen LogP contribution in [0.2, 0.25) is 0 Å². The molecule has 1 saturated heterocycles. The number of piperazine rings is 1. The molecule has 2 N–H and O–H groups in total. The van der Waals surface area contributed by atoms with Crippen molar-refractivity contribution >= 4 is 11.6 Å². The maximum Gasteiger partial charge on any atom is 0.191 e. The first-order chi connectivity index (χ1) is 14.2. The molecule has 0 spiro atoms. The van der Waals surface area contributed by atoms with Crippen LogP contribution in [0.5, 0.6) is 0 Å². The summed E-state index contributed by atoms with van der Waals surface area (Å²) >= 11 is 0. The van der Waals surface area contributed by atoms with E-state index >= 15 is 0 Å². The Bertz CT molecular complexity index is 775. The molecule has 1 aliphatic rings. The molecule has 158 valence electrons. The van der Waals surface area contributed by atoms with Crippen molar-refractivity contribution in [2.45, 2.75) is 26.3 Å². The number of unbranched alkanes of at least 4 members (excludes halogenated alkanes) is 1. The summed E-state index contributed by atoms with van der Waals surface area (Å²) in [6.45, 7) is 9.53. The number of nitrogens with zero attached hydrogens (tertiary/aromatic N) is 5. The molecular weight excluding hydrogens is 362 g/mol. The molecule has 7 nitrogen and oxygen atoms in total. The van der Waals surface area contributed by atoms with Gasteiger partial charge in [0, 0.05) is 58.7 Å². The predicted octanol–water partition coefficient (Wildman–Crippen LogP) is 2.00. The highest BCUT2D eigenvalue weighted by Gasteiger charge is 2.16. The standard InChI is InChI=1S/C22H35N7/c1-19-7-6-8-20(17-19)29-15-13-28(14-16-29)12-5-4-10-24-22(23-2)25-18-21-9-11-26-27(21)3/h6-9,11,17H,4-5,10,12-16,18H2,1-3H3,(H2,23,24,25). The fourth-order valence-corrected chi connectivity index (χ4v) is 3.69. The molecule has 1 aromatic heterocycles. The Morgan fingerprint density at radius 1 is 1.10 bits per heavy atom. The molecule has 2 aromatic rings. The second kappa shape index (κ2) is 10.9. The minimum absolute atomic E-state index is 0.724. The molecule has 2 heterocycles. The summed E-state index contributed by atoms with van der Waals surface area (Å²) in [6.07, 6.45) is 4.16. The Labute approximate surface area is 174 Å². The Morgan fingerprint density at radius 2 is 1.93 bits per heavy atom. The van der Waals surface area contributed by atoms with E-state index in [1.54, 1.807) is 0 Å². The zero-order chi connectivity index (χ0) is 20.5. The quantitative estimate of drug-likeness (QED) is 0.405. The van der Waals surface area contributed by atoms with Gasteiger partial charge in [-0.2, -0.15) is 5.10 Å². The van der Waals surface area contributed by atoms with Crippen LogP contribution in [-0.2, 0) is 13.6 Å². The minimum atomic E-state index is 0.724. The van der Waals surface area contributed by atoms with Crippen LogP contribution in [0.3, 0.4) is 0 Å². The number of anilines is 1. The van der Waals surface area contributed by atoms with E-state index in [1.807, 2.05) is 31.0 Å². The van der Waals surface area contributed by atoms with E-state index in [-0.39, 0.29) is 0 Å². The van der Waals surface area contributed by atoms with E-state index in [4.69, 9.17) is 0 Å². The molecule has 0 aliphatic carbocycles. The number of aliphatic imine (C=N–C) groups is 1. The average Bonchev–Trinajstić information content (AvgIpc) is 3.15. The lowest BCUT2D eigenvalue weighted by molar-refractivity contribution is 0.253. The third kappa shape index (κ3) is 6.49. The average molecular weight is 398 g/mol. The van der Waals surface area contributed by atoms with Crippen molar-refractivity contribution in [3.63, 3.8) is 0 Å². The largest absolute Gasteiger partial charge is 0.369 e. The van der Waals surface area contributed by atoms with Gasteiger partial charge in [-0.05, 0) is 50.1 Å². The van der Waals surface area contributed by atoms with Crippen LogP contribution in [0.1, 0.15) is 24.1 Å². The van der Waals surface area contributed by atoms with Crippen molar-refractivity contribution in [2.24, 2.45) is 12.0 Å². The van der Waals surface area contributed by atoms with Gasteiger partial charge in [0.15, 0.2) is 5.96 Å². The first-order valence-electron chi connectivity index (χ1n) is 10.6. The summed E-state index contributed by atoms with van der Waals surface area (Å²) in [5.41, 5.74) is 3.83. The molecule has 29 heavy (non-hydrogen) atoms. The summed E-state index contributed by atoms with van der Waals surface area (Å²) < 4.78 is 1.87. The first-order valence-corrected chi connectivity index (χ1v) is 10.6. The maximum atomic E-state index is 4.30. The molecule has 1 aromatic carbocycles. The van der Waals surface area contributed by atoms with Crippen molar-refractivity contribution in [1.82, 2.24) is 25.3 Å². The van der Waals surface area contributed by atoms with Crippen LogP contribution in [-0.4, -0.2) is 67.0 Å². The highest BCUT2D eigenvalue weighted by Crippen LogP contribution is 2.17. The molecule has 1 aliphatic heterocycles. The van der Waals surface area contributed by atoms with Crippen LogP contribution in [0, 0.1) is 6.92 Å². The van der Waals surface area contributed by atoms with Crippen molar-refractivity contribution in [3.8, 4) is 0 Å². The van der Waals surface area contributed by atoms with Crippen LogP contribution in [0.4, 0.5) is 5.69 Å². The number of hydrogen-bond acceptors (Lipinski definition) is 4. The molecule has 0 atom stereocenters. The van der Waals surface area contributed by atoms with E-state index in [9.17, 15) is 0 Å². The summed E-state index contributed by atoms with van der Waals surface area (Å²) in [4.78, 5) is 9.38. The predicted molar refractivity (Wildman–Crippen MR) is 120 cm³/mol. The molecular formula is C22H35N7. The van der Waals surface area contributed by atoms with Crippen LogP contribution in [0.25, 0.3) is 0 Å². The highest BCUT2D eigenvalue weighted by molar-refractivity contribution is 5.79. The van der Waals surface area contributed by atoms with E-state index in [2.05, 4.69) is 61.7 Å². The van der Waals surface area contributed by atoms with E-state index in [0.717, 1.165) is 57.3 Å². The number of guanidine groups is 1. The van der Waals surface area contributed by atoms with Gasteiger partial charge in [-0.25, -0.2) is 0 Å². The monoisotopic (exact) mass is 397 g/mol. The fourth-order valence-electron chi connectivity index (χ4n) is 3.69. The summed E-state index contributed by atoms with van der Waals surface area (Å²) in [5, 5.41) is 10.9. The Hall–Kier alpha value is -2.54. The molecule has 0 unspecified atom stereocenters. The second-order valence-corrected chi connectivity index (χ2v) is 7.67. The minimum Gasteiger partial charge on any atom is -0.369 e. The zero-order valence-electron chi connectivity index (χ0n) is 18.1. The van der Waals surface area contributed by atoms with Crippen LogP contribution >= 0.6 is 0 Å². The van der Waals surface area contributed by atoms with Gasteiger partial charge in [0.05, 0.1) is 12.2 Å². The van der Waals surface area contributed by atoms with Gasteiger partial charge in [0.2, 0.25) is 0 Å². The molecule has 7 heteroatoms. The third-order valence-corrected chi connectivity index (χ3v) is 5.52. The lowest BCUT2D eigenvalue weighted by Gasteiger charge is -2.36. The second-order valence-electron chi connectivity index (χ2n) is 7.67. The van der Waals surface area contributed by atoms with Crippen molar-refractivity contribution < 1.29 is 0 Å². The molecule has 1 fully saturated rings. The van der Waals surface area contributed by atoms with Gasteiger partial charge < -0.3 is 15.5 Å². The number of nitrogens with one attached hydrogen (secondary N) is 2. The number of aromatic nitrogens is 2. The molecule has 0 radical (unpaired) electrons. The Balaban J connectivity index is 1.27. The van der Waals surface area contributed by atoms with Gasteiger partial charge in [-0.1, -0.05) is 12.1 Å². The Morgan fingerprint density at radius 3 is 2.62 bits per heavy atom. The summed E-state index contributed by atoms with van der Waals surface area (Å²) in [6, 6.07) is 10.8. The SMILES string of the molecule is CN=C(NCCCCN1CCN(c2cccc(C)c2)CC1)NCc1ccnn1C. The number of benzene rings is 1. The molecule has 0 saturated carbocycles. The van der Waals surface area contributed by atoms with E-state index in [1.165, 1.54) is 24.2 Å². The third-order valence-electron chi connectivity index (χ3n) is 5.52. The highest BCUT2D eigenvalue weighted by atomic mass is 15.3. The normalized spacial score (nSPS) is 15.6. The van der Waals surface area contributed by atoms with Gasteiger partial charge in [0.25, 0.3) is 0 Å². The smallest absolute Gasteiger partial charge is 0.191 e. The van der Waals surface area contributed by atoms with Gasteiger partial charge in [0.1, 0.15) is 0 Å². The van der Waals surface area contributed by atoms with Crippen molar-refractivity contribution in [3.05, 3.63) is 47.8 Å². The lowest BCUT2D eigenvalue weighted by Crippen LogP contribution is -2.46. The van der Waals surface area contributed by atoms with Crippen LogP contribution < -0.4 is 15.5 Å². The van der Waals surface area contributed by atoms with Crippen molar-refractivity contribution in [2.75, 3.05) is 51.2 Å². The number of rotatable bonds is 8. The molecule has 0 amide bonds. The maximum absolute atomic E-state index is 4.30. The van der Waals surface area contributed by atoms with Gasteiger partial charge in [-0.3, -0.25) is 14.6 Å². The first kappa shape index (κ1) is 21.2.